The van der Waals surface area contributed by atoms with Crippen molar-refractivity contribution in [1.82, 2.24) is 4.90 Å². The molecule has 2 aromatic rings. The minimum Gasteiger partial charge on any atom is -0.385 e. The molecular weight excluding hydrogens is 397 g/mol. The zero-order chi connectivity index (χ0) is 18.4. The van der Waals surface area contributed by atoms with Crippen molar-refractivity contribution in [3.63, 3.8) is 0 Å². The van der Waals surface area contributed by atoms with E-state index in [0.29, 0.717) is 0 Å². The maximum Gasteiger partial charge on any atom is 0.417 e. The molecule has 0 saturated carbocycles. The number of likely N-dealkylation sites (N-methyl/N-ethyl adjacent to an activating group) is 1. The molecule has 1 aliphatic heterocycles. The molecule has 7 heteroatoms. The van der Waals surface area contributed by atoms with Gasteiger partial charge in [0.1, 0.15) is 11.9 Å². The van der Waals surface area contributed by atoms with Crippen LogP contribution < -0.4 is 5.73 Å². The summed E-state index contributed by atoms with van der Waals surface area (Å²) in [6, 6.07) is 12.0. The zero-order valence-corrected chi connectivity index (χ0v) is 14.7. The largest absolute Gasteiger partial charge is 0.417 e. The lowest BCUT2D eigenvalue weighted by atomic mass is 9.95. The highest BCUT2D eigenvalue weighted by molar-refractivity contribution is 9.10. The van der Waals surface area contributed by atoms with Gasteiger partial charge in [-0.05, 0) is 27.6 Å². The predicted molar refractivity (Wildman–Crippen MR) is 92.2 cm³/mol. The molecule has 1 unspecified atom stereocenters. The van der Waals surface area contributed by atoms with Crippen molar-refractivity contribution in [1.29, 1.82) is 0 Å². The first-order valence-corrected chi connectivity index (χ1v) is 8.20. The molecule has 1 heterocycles. The van der Waals surface area contributed by atoms with Crippen LogP contribution in [-0.4, -0.2) is 17.7 Å². The van der Waals surface area contributed by atoms with E-state index in [4.69, 9.17) is 5.73 Å². The number of hydrogen-bond donors (Lipinski definition) is 1. The van der Waals surface area contributed by atoms with Gasteiger partial charge in [0.2, 0.25) is 0 Å². The molecule has 130 valence electrons. The zero-order valence-electron chi connectivity index (χ0n) is 13.1. The molecule has 1 aliphatic rings. The third-order valence-electron chi connectivity index (χ3n) is 4.21. The molecule has 0 aromatic heterocycles. The third kappa shape index (κ3) is 2.93. The Labute approximate surface area is 151 Å². The van der Waals surface area contributed by atoms with Crippen LogP contribution in [0.1, 0.15) is 22.7 Å². The molecule has 0 aliphatic carbocycles. The van der Waals surface area contributed by atoms with Crippen molar-refractivity contribution in [3.05, 3.63) is 75.5 Å². The highest BCUT2D eigenvalue weighted by atomic mass is 79.9. The second-order valence-electron chi connectivity index (χ2n) is 5.71. The molecule has 0 amide bonds. The number of carbonyl (C=O) groups excluding carboxylic acids is 1. The fourth-order valence-corrected chi connectivity index (χ4v) is 3.67. The van der Waals surface area contributed by atoms with Crippen molar-refractivity contribution in [2.24, 2.45) is 5.73 Å². The SMILES string of the molecule is CN1C(N)=C(c2cccc(C(F)(F)F)c2Br)C(=O)C1c1ccccc1. The van der Waals surface area contributed by atoms with Crippen molar-refractivity contribution in [2.75, 3.05) is 7.05 Å². The second-order valence-corrected chi connectivity index (χ2v) is 6.51. The molecule has 3 rings (SSSR count). The molecule has 0 spiro atoms. The average Bonchev–Trinajstić information content (AvgIpc) is 2.77. The Balaban J connectivity index is 2.11. The third-order valence-corrected chi connectivity index (χ3v) is 5.06. The molecule has 0 saturated heterocycles. The quantitative estimate of drug-likeness (QED) is 0.800. The van der Waals surface area contributed by atoms with Crippen molar-refractivity contribution in [3.8, 4) is 0 Å². The number of Topliss-reactive ketones (excluding diaryl/α,β-unsaturated/α-hetero) is 1. The number of carbonyl (C=O) groups is 1. The van der Waals surface area contributed by atoms with E-state index >= 15 is 0 Å². The van der Waals surface area contributed by atoms with E-state index in [9.17, 15) is 18.0 Å². The van der Waals surface area contributed by atoms with Gasteiger partial charge in [-0.3, -0.25) is 4.79 Å². The van der Waals surface area contributed by atoms with Gasteiger partial charge in [-0.15, -0.1) is 0 Å². The van der Waals surface area contributed by atoms with Gasteiger partial charge in [0.05, 0.1) is 11.1 Å². The molecule has 0 bridgehead atoms. The number of alkyl halides is 3. The van der Waals surface area contributed by atoms with Gasteiger partial charge in [0.25, 0.3) is 0 Å². The first kappa shape index (κ1) is 17.5. The minimum absolute atomic E-state index is 0.0920. The molecule has 0 radical (unpaired) electrons. The van der Waals surface area contributed by atoms with Gasteiger partial charge in [0, 0.05) is 17.1 Å². The van der Waals surface area contributed by atoms with Crippen LogP contribution in [0.3, 0.4) is 0 Å². The van der Waals surface area contributed by atoms with Crippen LogP contribution in [0.25, 0.3) is 5.57 Å². The Morgan fingerprint density at radius 3 is 2.32 bits per heavy atom. The summed E-state index contributed by atoms with van der Waals surface area (Å²) in [6.45, 7) is 0. The molecule has 1 atom stereocenters. The first-order valence-electron chi connectivity index (χ1n) is 7.41. The number of nitrogens with two attached hydrogens (primary N) is 1. The maximum atomic E-state index is 13.2. The van der Waals surface area contributed by atoms with E-state index in [1.807, 2.05) is 6.07 Å². The second kappa shape index (κ2) is 6.22. The molecule has 25 heavy (non-hydrogen) atoms. The van der Waals surface area contributed by atoms with Crippen LogP contribution in [0.5, 0.6) is 0 Å². The number of halogens is 4. The van der Waals surface area contributed by atoms with E-state index in [-0.39, 0.29) is 27.2 Å². The lowest BCUT2D eigenvalue weighted by Crippen LogP contribution is -2.25. The summed E-state index contributed by atoms with van der Waals surface area (Å²) in [5, 5.41) is 0. The van der Waals surface area contributed by atoms with Crippen LogP contribution in [0.4, 0.5) is 13.2 Å². The summed E-state index contributed by atoms with van der Waals surface area (Å²) in [4.78, 5) is 14.5. The van der Waals surface area contributed by atoms with Crippen molar-refractivity contribution >= 4 is 27.3 Å². The summed E-state index contributed by atoms with van der Waals surface area (Å²) in [6.07, 6.45) is -4.53. The van der Waals surface area contributed by atoms with E-state index in [1.54, 1.807) is 36.2 Å². The molecule has 2 N–H and O–H groups in total. The summed E-state index contributed by atoms with van der Waals surface area (Å²) in [7, 11) is 1.65. The minimum atomic E-state index is -4.53. The van der Waals surface area contributed by atoms with E-state index in [0.717, 1.165) is 11.6 Å². The highest BCUT2D eigenvalue weighted by Crippen LogP contribution is 2.43. The topological polar surface area (TPSA) is 46.3 Å². The average molecular weight is 411 g/mol. The fraction of sp³-hybridized carbons (Fsp3) is 0.167. The Morgan fingerprint density at radius 1 is 1.08 bits per heavy atom. The van der Waals surface area contributed by atoms with Crippen LogP contribution in [0.2, 0.25) is 0 Å². The number of rotatable bonds is 2. The Bertz CT molecular complexity index is 862. The summed E-state index contributed by atoms with van der Waals surface area (Å²) in [5.74, 6) is -0.176. The number of ketones is 1. The highest BCUT2D eigenvalue weighted by Gasteiger charge is 2.40. The number of nitrogens with zero attached hydrogens (tertiary/aromatic N) is 1. The smallest absolute Gasteiger partial charge is 0.385 e. The van der Waals surface area contributed by atoms with Crippen molar-refractivity contribution < 1.29 is 18.0 Å². The van der Waals surface area contributed by atoms with E-state index < -0.39 is 17.8 Å². The normalized spacial score (nSPS) is 18.2. The Kier molecular flexibility index (Phi) is 4.36. The standard InChI is InChI=1S/C18H14BrF3N2O/c1-24-15(10-6-3-2-4-7-10)16(25)13(17(24)23)11-8-5-9-12(14(11)19)18(20,21)22/h2-9,15H,23H2,1H3. The number of hydrogen-bond acceptors (Lipinski definition) is 3. The molecule has 0 fully saturated rings. The van der Waals surface area contributed by atoms with Crippen molar-refractivity contribution in [2.45, 2.75) is 12.2 Å². The van der Waals surface area contributed by atoms with Gasteiger partial charge >= 0.3 is 6.18 Å². The lowest BCUT2D eigenvalue weighted by molar-refractivity contribution is -0.138. The Morgan fingerprint density at radius 2 is 1.72 bits per heavy atom. The molecule has 2 aromatic carbocycles. The number of benzene rings is 2. The summed E-state index contributed by atoms with van der Waals surface area (Å²) < 4.78 is 39.3. The Hall–Kier alpha value is -2.28. The predicted octanol–water partition coefficient (Wildman–Crippen LogP) is 4.35. The van der Waals surface area contributed by atoms with Gasteiger partial charge in [-0.25, -0.2) is 0 Å². The van der Waals surface area contributed by atoms with Gasteiger partial charge in [-0.1, -0.05) is 42.5 Å². The summed E-state index contributed by atoms with van der Waals surface area (Å²) in [5.41, 5.74) is 6.21. The lowest BCUT2D eigenvalue weighted by Gasteiger charge is -2.21. The molecule has 3 nitrogen and oxygen atoms in total. The van der Waals surface area contributed by atoms with Gasteiger partial charge in [0.15, 0.2) is 5.78 Å². The monoisotopic (exact) mass is 410 g/mol. The maximum absolute atomic E-state index is 13.2. The van der Waals surface area contributed by atoms with Crippen LogP contribution in [0.15, 0.2) is 58.8 Å². The summed E-state index contributed by atoms with van der Waals surface area (Å²) >= 11 is 3.00. The van der Waals surface area contributed by atoms with E-state index in [1.165, 1.54) is 12.1 Å². The van der Waals surface area contributed by atoms with Crippen LogP contribution in [-0.2, 0) is 11.0 Å². The van der Waals surface area contributed by atoms with E-state index in [2.05, 4.69) is 15.9 Å². The van der Waals surface area contributed by atoms with Crippen LogP contribution in [0, 0.1) is 0 Å². The van der Waals surface area contributed by atoms with Crippen LogP contribution >= 0.6 is 15.9 Å². The first-order chi connectivity index (χ1) is 11.7. The fourth-order valence-electron chi connectivity index (χ4n) is 2.98. The van der Waals surface area contributed by atoms with Gasteiger partial charge < -0.3 is 10.6 Å². The van der Waals surface area contributed by atoms with Gasteiger partial charge in [-0.2, -0.15) is 13.2 Å². The molecular formula is C18H14BrF3N2O.